The fourth-order valence-corrected chi connectivity index (χ4v) is 1.39. The first-order valence-electron chi connectivity index (χ1n) is 4.01. The summed E-state index contributed by atoms with van der Waals surface area (Å²) in [6.45, 7) is 3.62. The molecule has 2 rings (SSSR count). The van der Waals surface area contributed by atoms with Crippen LogP contribution in [-0.4, -0.2) is 15.0 Å². The lowest BCUT2D eigenvalue weighted by Crippen LogP contribution is -2.06. The highest BCUT2D eigenvalue weighted by Gasteiger charge is 2.04. The minimum atomic E-state index is -0.0359. The van der Waals surface area contributed by atoms with Crippen molar-refractivity contribution >= 4 is 11.0 Å². The number of aromatic amines is 1. The van der Waals surface area contributed by atoms with Gasteiger partial charge in [-0.1, -0.05) is 0 Å². The second kappa shape index (κ2) is 2.65. The number of H-pyrrole nitrogens is 1. The van der Waals surface area contributed by atoms with Crippen molar-refractivity contribution in [2.75, 3.05) is 0 Å². The summed E-state index contributed by atoms with van der Waals surface area (Å²) >= 11 is 0. The first-order valence-corrected chi connectivity index (χ1v) is 4.01. The molecule has 0 fully saturated rings. The molecule has 0 saturated heterocycles. The Morgan fingerprint density at radius 1 is 1.31 bits per heavy atom. The van der Waals surface area contributed by atoms with Crippen LogP contribution in [0.25, 0.3) is 11.0 Å². The van der Waals surface area contributed by atoms with Crippen LogP contribution in [0.3, 0.4) is 0 Å². The summed E-state index contributed by atoms with van der Waals surface area (Å²) in [4.78, 5) is 22.6. The molecular formula is C9H9N3O. The molecule has 0 spiro atoms. The Kier molecular flexibility index (Phi) is 1.62. The van der Waals surface area contributed by atoms with Gasteiger partial charge in [0.15, 0.2) is 5.43 Å². The zero-order valence-corrected chi connectivity index (χ0v) is 7.46. The fraction of sp³-hybridized carbons (Fsp3) is 0.222. The molecule has 0 amide bonds. The lowest BCUT2D eigenvalue weighted by atomic mass is 10.2. The second-order valence-corrected chi connectivity index (χ2v) is 2.92. The molecule has 2 heterocycles. The van der Waals surface area contributed by atoms with Gasteiger partial charge in [-0.25, -0.2) is 9.97 Å². The number of hydrogen-bond acceptors (Lipinski definition) is 3. The van der Waals surface area contributed by atoms with Crippen LogP contribution in [-0.2, 0) is 0 Å². The number of fused-ring (bicyclic) bond motifs is 1. The van der Waals surface area contributed by atoms with Crippen molar-refractivity contribution in [1.82, 2.24) is 15.0 Å². The molecule has 13 heavy (non-hydrogen) atoms. The summed E-state index contributed by atoms with van der Waals surface area (Å²) in [5.74, 6) is 0.673. The SMILES string of the molecule is Cc1nc(C)c2c(=O)cc[nH]c2n1. The van der Waals surface area contributed by atoms with E-state index in [2.05, 4.69) is 15.0 Å². The van der Waals surface area contributed by atoms with Crippen LogP contribution in [0.4, 0.5) is 0 Å². The van der Waals surface area contributed by atoms with E-state index >= 15 is 0 Å². The van der Waals surface area contributed by atoms with Gasteiger partial charge in [0.05, 0.1) is 11.1 Å². The van der Waals surface area contributed by atoms with Gasteiger partial charge in [0.1, 0.15) is 11.5 Å². The van der Waals surface area contributed by atoms with Crippen molar-refractivity contribution in [3.8, 4) is 0 Å². The number of hydrogen-bond donors (Lipinski definition) is 1. The summed E-state index contributed by atoms with van der Waals surface area (Å²) in [6, 6.07) is 1.48. The van der Waals surface area contributed by atoms with Gasteiger partial charge in [-0.05, 0) is 13.8 Å². The van der Waals surface area contributed by atoms with Gasteiger partial charge in [-0.2, -0.15) is 0 Å². The maximum Gasteiger partial charge on any atom is 0.192 e. The summed E-state index contributed by atoms with van der Waals surface area (Å²) in [5, 5.41) is 0.577. The van der Waals surface area contributed by atoms with Crippen molar-refractivity contribution in [2.45, 2.75) is 13.8 Å². The third kappa shape index (κ3) is 1.20. The topological polar surface area (TPSA) is 58.6 Å². The van der Waals surface area contributed by atoms with E-state index in [1.807, 2.05) is 6.92 Å². The van der Waals surface area contributed by atoms with Crippen LogP contribution in [0.5, 0.6) is 0 Å². The first-order chi connectivity index (χ1) is 6.18. The Labute approximate surface area is 74.7 Å². The molecule has 0 atom stereocenters. The van der Waals surface area contributed by atoms with Crippen LogP contribution in [0.2, 0.25) is 0 Å². The van der Waals surface area contributed by atoms with Crippen molar-refractivity contribution in [1.29, 1.82) is 0 Å². The number of aryl methyl sites for hydroxylation is 2. The summed E-state index contributed by atoms with van der Waals surface area (Å²) in [7, 11) is 0. The predicted molar refractivity (Wildman–Crippen MR) is 49.6 cm³/mol. The average molecular weight is 175 g/mol. The van der Waals surface area contributed by atoms with Gasteiger partial charge in [-0.3, -0.25) is 4.79 Å². The number of aromatic nitrogens is 3. The number of nitrogens with one attached hydrogen (secondary N) is 1. The molecule has 4 heteroatoms. The highest BCUT2D eigenvalue weighted by Crippen LogP contribution is 2.06. The van der Waals surface area contributed by atoms with Crippen molar-refractivity contribution in [2.24, 2.45) is 0 Å². The standard InChI is InChI=1S/C9H9N3O/c1-5-8-7(13)3-4-10-9(8)12-6(2)11-5/h3-4H,1-2H3,(H,10,11,12,13). The summed E-state index contributed by atoms with van der Waals surface area (Å²) < 4.78 is 0. The highest BCUT2D eigenvalue weighted by atomic mass is 16.1. The van der Waals surface area contributed by atoms with E-state index < -0.39 is 0 Å². The van der Waals surface area contributed by atoms with Gasteiger partial charge in [0.25, 0.3) is 0 Å². The van der Waals surface area contributed by atoms with E-state index in [1.165, 1.54) is 6.07 Å². The Hall–Kier alpha value is -1.71. The monoisotopic (exact) mass is 175 g/mol. The minimum absolute atomic E-state index is 0.0359. The largest absolute Gasteiger partial charge is 0.346 e. The maximum absolute atomic E-state index is 11.4. The molecule has 0 aliphatic carbocycles. The van der Waals surface area contributed by atoms with E-state index in [4.69, 9.17) is 0 Å². The second-order valence-electron chi connectivity index (χ2n) is 2.92. The Morgan fingerprint density at radius 2 is 2.08 bits per heavy atom. The number of pyridine rings is 1. The van der Waals surface area contributed by atoms with E-state index in [9.17, 15) is 4.79 Å². The van der Waals surface area contributed by atoms with Crippen LogP contribution < -0.4 is 5.43 Å². The van der Waals surface area contributed by atoms with Crippen molar-refractivity contribution in [3.63, 3.8) is 0 Å². The normalized spacial score (nSPS) is 10.6. The quantitative estimate of drug-likeness (QED) is 0.648. The van der Waals surface area contributed by atoms with Crippen LogP contribution >= 0.6 is 0 Å². The molecule has 66 valence electrons. The van der Waals surface area contributed by atoms with E-state index in [0.717, 1.165) is 5.69 Å². The smallest absolute Gasteiger partial charge is 0.192 e. The zero-order valence-electron chi connectivity index (χ0n) is 7.46. The minimum Gasteiger partial charge on any atom is -0.346 e. The first kappa shape index (κ1) is 7.91. The molecule has 0 aliphatic rings. The van der Waals surface area contributed by atoms with Crippen LogP contribution in [0, 0.1) is 13.8 Å². The van der Waals surface area contributed by atoms with Gasteiger partial charge < -0.3 is 4.98 Å². The zero-order chi connectivity index (χ0) is 9.42. The summed E-state index contributed by atoms with van der Waals surface area (Å²) in [5.41, 5.74) is 1.30. The molecule has 2 aromatic rings. The van der Waals surface area contributed by atoms with Crippen molar-refractivity contribution < 1.29 is 0 Å². The van der Waals surface area contributed by atoms with Crippen LogP contribution in [0.1, 0.15) is 11.5 Å². The average Bonchev–Trinajstić information content (AvgIpc) is 2.02. The van der Waals surface area contributed by atoms with E-state index in [-0.39, 0.29) is 5.43 Å². The maximum atomic E-state index is 11.4. The third-order valence-electron chi connectivity index (χ3n) is 1.90. The molecule has 2 aromatic heterocycles. The molecule has 0 bridgehead atoms. The molecule has 0 unspecified atom stereocenters. The molecular weight excluding hydrogens is 166 g/mol. The fourth-order valence-electron chi connectivity index (χ4n) is 1.39. The molecule has 0 aliphatic heterocycles. The molecule has 0 radical (unpaired) electrons. The Morgan fingerprint density at radius 3 is 2.85 bits per heavy atom. The van der Waals surface area contributed by atoms with Gasteiger partial charge in [0.2, 0.25) is 0 Å². The molecule has 1 N–H and O–H groups in total. The van der Waals surface area contributed by atoms with E-state index in [1.54, 1.807) is 13.1 Å². The molecule has 0 aromatic carbocycles. The van der Waals surface area contributed by atoms with E-state index in [0.29, 0.717) is 16.9 Å². The summed E-state index contributed by atoms with van der Waals surface area (Å²) in [6.07, 6.45) is 1.59. The van der Waals surface area contributed by atoms with Crippen molar-refractivity contribution in [3.05, 3.63) is 34.0 Å². The Balaban J connectivity index is 3.03. The number of nitrogens with zero attached hydrogens (tertiary/aromatic N) is 2. The number of rotatable bonds is 0. The lowest BCUT2D eigenvalue weighted by molar-refractivity contribution is 1.03. The van der Waals surface area contributed by atoms with Gasteiger partial charge in [0, 0.05) is 12.3 Å². The Bertz CT molecular complexity index is 516. The lowest BCUT2D eigenvalue weighted by Gasteiger charge is -2.00. The predicted octanol–water partition coefficient (Wildman–Crippen LogP) is 0.935. The molecule has 4 nitrogen and oxygen atoms in total. The van der Waals surface area contributed by atoms with Gasteiger partial charge >= 0.3 is 0 Å². The third-order valence-corrected chi connectivity index (χ3v) is 1.90. The highest BCUT2D eigenvalue weighted by molar-refractivity contribution is 5.76. The van der Waals surface area contributed by atoms with Gasteiger partial charge in [-0.15, -0.1) is 0 Å². The molecule has 0 saturated carbocycles. The van der Waals surface area contributed by atoms with Crippen LogP contribution in [0.15, 0.2) is 17.1 Å².